The van der Waals surface area contributed by atoms with E-state index in [4.69, 9.17) is 11.6 Å². The van der Waals surface area contributed by atoms with E-state index in [9.17, 15) is 4.39 Å². The maximum atomic E-state index is 13.5. The molecule has 0 aliphatic carbocycles. The fraction of sp³-hybridized carbons (Fsp3) is 0.250. The molecule has 0 aromatic heterocycles. The van der Waals surface area contributed by atoms with E-state index in [1.807, 2.05) is 36.9 Å². The first kappa shape index (κ1) is 13.8. The zero-order valence-corrected chi connectivity index (χ0v) is 12.7. The van der Waals surface area contributed by atoms with Crippen LogP contribution in [0.1, 0.15) is 23.6 Å². The van der Waals surface area contributed by atoms with Crippen LogP contribution in [0.5, 0.6) is 0 Å². The average molecular weight is 308 g/mol. The third kappa shape index (κ3) is 2.94. The molecule has 0 saturated carbocycles. The molecule has 0 spiro atoms. The number of benzene rings is 2. The highest BCUT2D eigenvalue weighted by molar-refractivity contribution is 7.99. The van der Waals surface area contributed by atoms with Crippen molar-refractivity contribution >= 4 is 29.1 Å². The molecule has 1 atom stereocenters. The van der Waals surface area contributed by atoms with Crippen LogP contribution in [-0.4, -0.2) is 5.75 Å². The van der Waals surface area contributed by atoms with E-state index < -0.39 is 0 Å². The van der Waals surface area contributed by atoms with E-state index in [0.717, 1.165) is 28.4 Å². The molecule has 1 heterocycles. The fourth-order valence-corrected chi connectivity index (χ4v) is 3.82. The number of fused-ring (bicyclic) bond motifs is 1. The summed E-state index contributed by atoms with van der Waals surface area (Å²) in [5.74, 6) is 0.852. The lowest BCUT2D eigenvalue weighted by Crippen LogP contribution is -2.16. The van der Waals surface area contributed by atoms with Crippen molar-refractivity contribution in [2.45, 2.75) is 24.3 Å². The molecule has 0 radical (unpaired) electrons. The Balaban J connectivity index is 1.91. The van der Waals surface area contributed by atoms with Crippen molar-refractivity contribution < 1.29 is 4.39 Å². The summed E-state index contributed by atoms with van der Waals surface area (Å²) in [5, 5.41) is 4.18. The highest BCUT2D eigenvalue weighted by Crippen LogP contribution is 2.39. The number of rotatable bonds is 2. The van der Waals surface area contributed by atoms with Gasteiger partial charge in [0.1, 0.15) is 5.82 Å². The van der Waals surface area contributed by atoms with Gasteiger partial charge in [0.05, 0.1) is 6.04 Å². The molecule has 0 bridgehead atoms. The lowest BCUT2D eigenvalue weighted by molar-refractivity contribution is 0.626. The summed E-state index contributed by atoms with van der Waals surface area (Å²) in [4.78, 5) is 1.26. The summed E-state index contributed by atoms with van der Waals surface area (Å²) in [6.45, 7) is 1.90. The minimum absolute atomic E-state index is 0.186. The highest BCUT2D eigenvalue weighted by Gasteiger charge is 2.21. The molecule has 1 aliphatic rings. The fourth-order valence-electron chi connectivity index (χ4n) is 2.54. The number of nitrogens with one attached hydrogen (secondary N) is 1. The smallest absolute Gasteiger partial charge is 0.125 e. The van der Waals surface area contributed by atoms with Gasteiger partial charge in [-0.15, -0.1) is 11.8 Å². The van der Waals surface area contributed by atoms with Gasteiger partial charge in [0.2, 0.25) is 0 Å². The SMILES string of the molecule is Cc1cc(F)cc(NC2CCSc3ccc(Cl)cc32)c1. The Morgan fingerprint density at radius 2 is 2.10 bits per heavy atom. The van der Waals surface area contributed by atoms with Crippen molar-refractivity contribution in [3.8, 4) is 0 Å². The molecular formula is C16H15ClFNS. The van der Waals surface area contributed by atoms with Crippen LogP contribution in [0, 0.1) is 12.7 Å². The first-order valence-corrected chi connectivity index (χ1v) is 7.94. The molecule has 0 fully saturated rings. The van der Waals surface area contributed by atoms with Crippen molar-refractivity contribution in [1.82, 2.24) is 0 Å². The third-order valence-corrected chi connectivity index (χ3v) is 4.75. The molecule has 2 aromatic carbocycles. The Morgan fingerprint density at radius 1 is 1.25 bits per heavy atom. The third-order valence-electron chi connectivity index (χ3n) is 3.39. The minimum atomic E-state index is -0.205. The molecule has 1 aliphatic heterocycles. The minimum Gasteiger partial charge on any atom is -0.378 e. The van der Waals surface area contributed by atoms with Crippen LogP contribution in [0.15, 0.2) is 41.3 Å². The van der Waals surface area contributed by atoms with Crippen LogP contribution < -0.4 is 5.32 Å². The van der Waals surface area contributed by atoms with E-state index in [-0.39, 0.29) is 11.9 Å². The summed E-state index contributed by atoms with van der Waals surface area (Å²) >= 11 is 7.94. The van der Waals surface area contributed by atoms with E-state index in [0.29, 0.717) is 0 Å². The molecule has 1 nitrogen and oxygen atoms in total. The second-order valence-electron chi connectivity index (χ2n) is 5.03. The average Bonchev–Trinajstić information content (AvgIpc) is 2.38. The monoisotopic (exact) mass is 307 g/mol. The predicted octanol–water partition coefficient (Wildman–Crippen LogP) is 5.44. The number of halogens is 2. The molecule has 2 aromatic rings. The zero-order valence-electron chi connectivity index (χ0n) is 11.1. The Kier molecular flexibility index (Phi) is 3.90. The van der Waals surface area contributed by atoms with Crippen LogP contribution in [0.25, 0.3) is 0 Å². The van der Waals surface area contributed by atoms with Gasteiger partial charge in [0.25, 0.3) is 0 Å². The summed E-state index contributed by atoms with van der Waals surface area (Å²) in [7, 11) is 0. The van der Waals surface area contributed by atoms with Gasteiger partial charge >= 0.3 is 0 Å². The highest BCUT2D eigenvalue weighted by atomic mass is 35.5. The van der Waals surface area contributed by atoms with E-state index in [2.05, 4.69) is 11.4 Å². The number of hydrogen-bond acceptors (Lipinski definition) is 2. The molecule has 3 rings (SSSR count). The van der Waals surface area contributed by atoms with E-state index in [1.54, 1.807) is 6.07 Å². The number of thioether (sulfide) groups is 1. The molecule has 4 heteroatoms. The Bertz CT molecular complexity index is 624. The molecule has 0 saturated heterocycles. The van der Waals surface area contributed by atoms with Gasteiger partial charge in [-0.2, -0.15) is 0 Å². The molecule has 0 amide bonds. The largest absolute Gasteiger partial charge is 0.378 e. The van der Waals surface area contributed by atoms with Crippen LogP contribution >= 0.6 is 23.4 Å². The Morgan fingerprint density at radius 3 is 2.90 bits per heavy atom. The number of aryl methyl sites for hydroxylation is 1. The van der Waals surface area contributed by atoms with Gasteiger partial charge in [0.15, 0.2) is 0 Å². The van der Waals surface area contributed by atoms with Gasteiger partial charge in [-0.05, 0) is 60.9 Å². The van der Waals surface area contributed by atoms with Gasteiger partial charge in [-0.1, -0.05) is 11.6 Å². The maximum absolute atomic E-state index is 13.5. The quantitative estimate of drug-likeness (QED) is 0.793. The lowest BCUT2D eigenvalue weighted by Gasteiger charge is -2.27. The van der Waals surface area contributed by atoms with Crippen LogP contribution in [0.2, 0.25) is 5.02 Å². The van der Waals surface area contributed by atoms with Crippen molar-refractivity contribution in [2.24, 2.45) is 0 Å². The van der Waals surface area contributed by atoms with Gasteiger partial charge in [-0.25, -0.2) is 4.39 Å². The van der Waals surface area contributed by atoms with Crippen molar-refractivity contribution in [1.29, 1.82) is 0 Å². The van der Waals surface area contributed by atoms with Crippen molar-refractivity contribution in [3.63, 3.8) is 0 Å². The predicted molar refractivity (Wildman–Crippen MR) is 84.3 cm³/mol. The van der Waals surface area contributed by atoms with Gasteiger partial charge < -0.3 is 5.32 Å². The topological polar surface area (TPSA) is 12.0 Å². The molecule has 20 heavy (non-hydrogen) atoms. The zero-order chi connectivity index (χ0) is 14.1. The van der Waals surface area contributed by atoms with E-state index in [1.165, 1.54) is 16.5 Å². The molecule has 104 valence electrons. The lowest BCUT2D eigenvalue weighted by atomic mass is 10.0. The van der Waals surface area contributed by atoms with Crippen LogP contribution in [0.3, 0.4) is 0 Å². The van der Waals surface area contributed by atoms with Crippen LogP contribution in [-0.2, 0) is 0 Å². The maximum Gasteiger partial charge on any atom is 0.125 e. The molecular weight excluding hydrogens is 293 g/mol. The number of anilines is 1. The summed E-state index contributed by atoms with van der Waals surface area (Å²) < 4.78 is 13.5. The van der Waals surface area contributed by atoms with Gasteiger partial charge in [0, 0.05) is 21.4 Å². The first-order chi connectivity index (χ1) is 9.61. The molecule has 1 N–H and O–H groups in total. The summed E-state index contributed by atoms with van der Waals surface area (Å²) in [6, 6.07) is 11.2. The second kappa shape index (κ2) is 5.66. The Labute approximate surface area is 127 Å². The first-order valence-electron chi connectivity index (χ1n) is 6.58. The molecule has 1 unspecified atom stereocenters. The van der Waals surface area contributed by atoms with Crippen LogP contribution in [0.4, 0.5) is 10.1 Å². The van der Waals surface area contributed by atoms with Crippen molar-refractivity contribution in [2.75, 3.05) is 11.1 Å². The van der Waals surface area contributed by atoms with Crippen molar-refractivity contribution in [3.05, 3.63) is 58.4 Å². The number of hydrogen-bond donors (Lipinski definition) is 1. The Hall–Kier alpha value is -1.19. The van der Waals surface area contributed by atoms with E-state index >= 15 is 0 Å². The summed E-state index contributed by atoms with van der Waals surface area (Å²) in [5.41, 5.74) is 2.95. The standard InChI is InChI=1S/C16H15ClFNS/c1-10-6-12(18)9-13(7-10)19-15-4-5-20-16-3-2-11(17)8-14(15)16/h2-3,6-9,15,19H,4-5H2,1H3. The summed E-state index contributed by atoms with van der Waals surface area (Å²) in [6.07, 6.45) is 1.01. The normalized spacial score (nSPS) is 17.6. The second-order valence-corrected chi connectivity index (χ2v) is 6.61. The van der Waals surface area contributed by atoms with Gasteiger partial charge in [-0.3, -0.25) is 0 Å².